The molecule has 0 aromatic heterocycles. The van der Waals surface area contributed by atoms with Crippen LogP contribution in [0, 0.1) is 5.82 Å². The molecule has 0 saturated carbocycles. The van der Waals surface area contributed by atoms with Crippen molar-refractivity contribution in [1.82, 2.24) is 0 Å². The molecule has 1 heterocycles. The number of benzene rings is 4. The minimum absolute atomic E-state index is 0.293. The van der Waals surface area contributed by atoms with Gasteiger partial charge in [0.25, 0.3) is 0 Å². The van der Waals surface area contributed by atoms with E-state index in [9.17, 15) is 4.39 Å². The highest BCUT2D eigenvalue weighted by molar-refractivity contribution is 8.09. The first-order chi connectivity index (χ1) is 14.8. The van der Waals surface area contributed by atoms with Gasteiger partial charge in [0.05, 0.1) is 10.5 Å². The molecule has 0 unspecified atom stereocenters. The molecule has 1 nitrogen and oxygen atoms in total. The maximum absolute atomic E-state index is 14.9. The number of halogens is 1. The van der Waals surface area contributed by atoms with E-state index in [2.05, 4.69) is 24.3 Å². The van der Waals surface area contributed by atoms with E-state index >= 15 is 0 Å². The smallest absolute Gasteiger partial charge is 0.210 e. The molecule has 0 spiro atoms. The Labute approximate surface area is 179 Å². The van der Waals surface area contributed by atoms with Crippen LogP contribution in [0.5, 0.6) is 0 Å². The van der Waals surface area contributed by atoms with Gasteiger partial charge in [-0.25, -0.2) is 4.39 Å². The van der Waals surface area contributed by atoms with E-state index in [0.29, 0.717) is 11.3 Å². The minimum atomic E-state index is -0.800. The topological polar surface area (TPSA) is 9.23 Å². The van der Waals surface area contributed by atoms with Crippen molar-refractivity contribution >= 4 is 22.4 Å². The zero-order valence-electron chi connectivity index (χ0n) is 16.2. The molecule has 0 radical (unpaired) electrons. The second-order valence-corrected chi connectivity index (χ2v) is 8.24. The van der Waals surface area contributed by atoms with Crippen molar-refractivity contribution in [3.63, 3.8) is 0 Å². The lowest BCUT2D eigenvalue weighted by atomic mass is 10.00. The van der Waals surface area contributed by atoms with Gasteiger partial charge in [0.15, 0.2) is 0 Å². The van der Waals surface area contributed by atoms with Gasteiger partial charge in [0, 0.05) is 11.1 Å². The number of ether oxygens (including phenoxy) is 1. The van der Waals surface area contributed by atoms with Gasteiger partial charge >= 0.3 is 0 Å². The quantitative estimate of drug-likeness (QED) is 0.349. The molecule has 146 valence electrons. The largest absolute Gasteiger partial charge is 0.466 e. The van der Waals surface area contributed by atoms with Crippen LogP contribution in [0.2, 0.25) is 0 Å². The molecular weight excluding hydrogens is 391 g/mol. The summed E-state index contributed by atoms with van der Waals surface area (Å²) in [5.74, 6) is 0.274. The van der Waals surface area contributed by atoms with Gasteiger partial charge in [0.2, 0.25) is 4.93 Å². The third-order valence-electron chi connectivity index (χ3n) is 5.16. The molecule has 0 amide bonds. The van der Waals surface area contributed by atoms with Gasteiger partial charge in [-0.05, 0) is 17.7 Å². The highest BCUT2D eigenvalue weighted by Crippen LogP contribution is 2.60. The SMILES string of the molecule is Fc1ccccc1C1=C(c2ccccc2)SC(c2ccccc2)(c2ccccc2)O1. The summed E-state index contributed by atoms with van der Waals surface area (Å²) < 4.78 is 21.6. The Morgan fingerprint density at radius 2 is 1.10 bits per heavy atom. The van der Waals surface area contributed by atoms with Crippen LogP contribution in [0.3, 0.4) is 0 Å². The fourth-order valence-corrected chi connectivity index (χ4v) is 5.14. The van der Waals surface area contributed by atoms with Gasteiger partial charge in [0.1, 0.15) is 11.6 Å². The van der Waals surface area contributed by atoms with Crippen molar-refractivity contribution in [2.45, 2.75) is 4.93 Å². The second-order valence-electron chi connectivity index (χ2n) is 7.06. The summed E-state index contributed by atoms with van der Waals surface area (Å²) in [6, 6.07) is 37.1. The second kappa shape index (κ2) is 7.85. The summed E-state index contributed by atoms with van der Waals surface area (Å²) in [6.07, 6.45) is 0. The molecule has 4 aromatic carbocycles. The van der Waals surface area contributed by atoms with E-state index in [1.54, 1.807) is 23.9 Å². The van der Waals surface area contributed by atoms with Crippen LogP contribution in [-0.4, -0.2) is 0 Å². The summed E-state index contributed by atoms with van der Waals surface area (Å²) in [7, 11) is 0. The monoisotopic (exact) mass is 410 g/mol. The lowest BCUT2D eigenvalue weighted by molar-refractivity contribution is 0.179. The van der Waals surface area contributed by atoms with Crippen LogP contribution in [0.15, 0.2) is 115 Å². The van der Waals surface area contributed by atoms with E-state index in [4.69, 9.17) is 4.74 Å². The molecule has 0 aliphatic carbocycles. The van der Waals surface area contributed by atoms with Crippen LogP contribution in [0.1, 0.15) is 22.3 Å². The van der Waals surface area contributed by atoms with E-state index < -0.39 is 4.93 Å². The van der Waals surface area contributed by atoms with E-state index in [-0.39, 0.29) is 5.82 Å². The van der Waals surface area contributed by atoms with Crippen molar-refractivity contribution in [2.75, 3.05) is 0 Å². The van der Waals surface area contributed by atoms with Crippen molar-refractivity contribution < 1.29 is 9.13 Å². The predicted octanol–water partition coefficient (Wildman–Crippen LogP) is 7.32. The Morgan fingerprint density at radius 1 is 0.600 bits per heavy atom. The standard InChI is InChI=1S/C27H19FOS/c28-24-19-11-10-18-23(24)25-26(20-12-4-1-5-13-20)30-27(29-25,21-14-6-2-7-15-21)22-16-8-3-9-17-22/h1-19H. The Morgan fingerprint density at radius 3 is 1.67 bits per heavy atom. The first kappa shape index (κ1) is 18.7. The van der Waals surface area contributed by atoms with Crippen LogP contribution >= 0.6 is 11.8 Å². The van der Waals surface area contributed by atoms with Gasteiger partial charge < -0.3 is 4.74 Å². The first-order valence-electron chi connectivity index (χ1n) is 9.81. The van der Waals surface area contributed by atoms with Gasteiger partial charge in [-0.1, -0.05) is 115 Å². The molecule has 1 aliphatic rings. The molecule has 0 atom stereocenters. The normalized spacial score (nSPS) is 15.1. The van der Waals surface area contributed by atoms with E-state index in [0.717, 1.165) is 21.6 Å². The van der Waals surface area contributed by atoms with Crippen molar-refractivity contribution in [1.29, 1.82) is 0 Å². The Kier molecular flexibility index (Phi) is 4.89. The van der Waals surface area contributed by atoms with E-state index in [1.165, 1.54) is 6.07 Å². The average Bonchev–Trinajstić information content (AvgIpc) is 3.23. The third-order valence-corrected chi connectivity index (χ3v) is 6.63. The van der Waals surface area contributed by atoms with Crippen LogP contribution in [-0.2, 0) is 9.67 Å². The van der Waals surface area contributed by atoms with Crippen LogP contribution in [0.25, 0.3) is 10.7 Å². The Hall–Kier alpha value is -3.30. The molecule has 4 aromatic rings. The number of thioether (sulfide) groups is 1. The van der Waals surface area contributed by atoms with Gasteiger partial charge in [-0.3, -0.25) is 0 Å². The zero-order chi connectivity index (χ0) is 20.4. The van der Waals surface area contributed by atoms with Crippen molar-refractivity contribution in [2.24, 2.45) is 0 Å². The fraction of sp³-hybridized carbons (Fsp3) is 0.0370. The van der Waals surface area contributed by atoms with E-state index in [1.807, 2.05) is 72.8 Å². The van der Waals surface area contributed by atoms with Gasteiger partial charge in [-0.15, -0.1) is 0 Å². The molecular formula is C27H19FOS. The summed E-state index contributed by atoms with van der Waals surface area (Å²) in [4.78, 5) is 0.124. The molecule has 3 heteroatoms. The average molecular weight is 411 g/mol. The summed E-state index contributed by atoms with van der Waals surface area (Å²) in [5.41, 5.74) is 3.51. The maximum Gasteiger partial charge on any atom is 0.210 e. The summed E-state index contributed by atoms with van der Waals surface area (Å²) in [6.45, 7) is 0. The molecule has 0 fully saturated rings. The van der Waals surface area contributed by atoms with Gasteiger partial charge in [-0.2, -0.15) is 0 Å². The molecule has 0 N–H and O–H groups in total. The first-order valence-corrected chi connectivity index (χ1v) is 10.6. The lowest BCUT2D eigenvalue weighted by Gasteiger charge is -2.30. The number of hydrogen-bond acceptors (Lipinski definition) is 2. The van der Waals surface area contributed by atoms with Crippen LogP contribution < -0.4 is 0 Å². The zero-order valence-corrected chi connectivity index (χ0v) is 17.0. The molecule has 0 bridgehead atoms. The Bertz CT molecular complexity index is 1150. The van der Waals surface area contributed by atoms with Crippen molar-refractivity contribution in [3.8, 4) is 0 Å². The summed E-state index contributed by atoms with van der Waals surface area (Å²) >= 11 is 1.62. The Balaban J connectivity index is 1.74. The predicted molar refractivity (Wildman–Crippen MR) is 122 cm³/mol. The van der Waals surface area contributed by atoms with Crippen molar-refractivity contribution in [3.05, 3.63) is 143 Å². The molecule has 0 saturated heterocycles. The number of hydrogen-bond donors (Lipinski definition) is 0. The fourth-order valence-electron chi connectivity index (χ4n) is 3.72. The third kappa shape index (κ3) is 3.21. The molecule has 30 heavy (non-hydrogen) atoms. The van der Waals surface area contributed by atoms with Crippen LogP contribution in [0.4, 0.5) is 4.39 Å². The summed E-state index contributed by atoms with van der Waals surface area (Å²) in [5, 5.41) is 0. The maximum atomic E-state index is 14.9. The highest BCUT2D eigenvalue weighted by atomic mass is 32.2. The minimum Gasteiger partial charge on any atom is -0.466 e. The number of rotatable bonds is 4. The molecule has 5 rings (SSSR count). The molecule has 1 aliphatic heterocycles. The highest BCUT2D eigenvalue weighted by Gasteiger charge is 2.46. The lowest BCUT2D eigenvalue weighted by Crippen LogP contribution is -2.23.